The highest BCUT2D eigenvalue weighted by atomic mass is 15.0. The molecule has 1 saturated carbocycles. The van der Waals surface area contributed by atoms with Crippen molar-refractivity contribution in [2.45, 2.75) is 58.3 Å². The number of nitrogens with one attached hydrogen (secondary N) is 1. The second-order valence-corrected chi connectivity index (χ2v) is 5.10. The summed E-state index contributed by atoms with van der Waals surface area (Å²) in [6.07, 6.45) is 10.7. The molecule has 1 aliphatic carbocycles. The lowest BCUT2D eigenvalue weighted by Gasteiger charge is -2.30. The number of rotatable bonds is 3. The first-order valence-corrected chi connectivity index (χ1v) is 6.66. The summed E-state index contributed by atoms with van der Waals surface area (Å²) in [6.45, 7) is 4.50. The van der Waals surface area contributed by atoms with Crippen LogP contribution in [0.5, 0.6) is 0 Å². The van der Waals surface area contributed by atoms with Gasteiger partial charge < -0.3 is 5.32 Å². The summed E-state index contributed by atoms with van der Waals surface area (Å²) >= 11 is 0. The summed E-state index contributed by atoms with van der Waals surface area (Å²) in [6, 6.07) is 0. The van der Waals surface area contributed by atoms with Crippen LogP contribution >= 0.6 is 0 Å². The maximum Gasteiger partial charge on any atom is 0.103 e. The van der Waals surface area contributed by atoms with E-state index in [1.54, 1.807) is 0 Å². The van der Waals surface area contributed by atoms with E-state index in [1.807, 2.05) is 0 Å². The normalized spacial score (nSPS) is 25.5. The van der Waals surface area contributed by atoms with E-state index in [4.69, 9.17) is 4.99 Å². The van der Waals surface area contributed by atoms with Crippen molar-refractivity contribution in [3.05, 3.63) is 0 Å². The molecule has 0 saturated heterocycles. The van der Waals surface area contributed by atoms with Crippen LogP contribution in [0.3, 0.4) is 0 Å². The number of hydrogen-bond donors (Lipinski definition) is 1. The fourth-order valence-corrected chi connectivity index (χ4v) is 3.18. The van der Waals surface area contributed by atoms with Crippen LogP contribution in [0.15, 0.2) is 4.99 Å². The third kappa shape index (κ3) is 2.35. The summed E-state index contributed by atoms with van der Waals surface area (Å²) in [5.41, 5.74) is 0.444. The Morgan fingerprint density at radius 2 is 2.00 bits per heavy atom. The van der Waals surface area contributed by atoms with E-state index in [-0.39, 0.29) is 0 Å². The lowest BCUT2D eigenvalue weighted by Crippen LogP contribution is -2.39. The predicted octanol–water partition coefficient (Wildman–Crippen LogP) is 3.13. The summed E-state index contributed by atoms with van der Waals surface area (Å²) in [4.78, 5) is 4.80. The lowest BCUT2D eigenvalue weighted by atomic mass is 9.80. The van der Waals surface area contributed by atoms with Crippen LogP contribution in [0, 0.1) is 5.41 Å². The lowest BCUT2D eigenvalue weighted by molar-refractivity contribution is 0.382. The fourth-order valence-electron chi connectivity index (χ4n) is 3.18. The molecule has 0 atom stereocenters. The van der Waals surface area contributed by atoms with Gasteiger partial charge in [0.1, 0.15) is 5.84 Å². The largest absolute Gasteiger partial charge is 0.373 e. The monoisotopic (exact) mass is 208 g/mol. The average molecular weight is 208 g/mol. The standard InChI is InChI=1S/C13H24N2/c1-2-7-13(8-3-4-9-13)12-14-10-5-6-11-15-12/h2-11H2,1H3,(H,14,15). The van der Waals surface area contributed by atoms with Crippen LogP contribution in [-0.4, -0.2) is 18.9 Å². The molecule has 1 N–H and O–H groups in total. The van der Waals surface area contributed by atoms with Gasteiger partial charge in [-0.2, -0.15) is 0 Å². The third-order valence-corrected chi connectivity index (χ3v) is 3.94. The van der Waals surface area contributed by atoms with Crippen LogP contribution in [0.4, 0.5) is 0 Å². The fraction of sp³-hybridized carbons (Fsp3) is 0.923. The van der Waals surface area contributed by atoms with Gasteiger partial charge in [0.05, 0.1) is 0 Å². The van der Waals surface area contributed by atoms with E-state index >= 15 is 0 Å². The highest BCUT2D eigenvalue weighted by molar-refractivity contribution is 5.88. The van der Waals surface area contributed by atoms with Crippen molar-refractivity contribution < 1.29 is 0 Å². The summed E-state index contributed by atoms with van der Waals surface area (Å²) < 4.78 is 0. The first kappa shape index (κ1) is 11.0. The van der Waals surface area contributed by atoms with Crippen molar-refractivity contribution >= 4 is 5.84 Å². The molecule has 0 aromatic carbocycles. The van der Waals surface area contributed by atoms with Gasteiger partial charge in [0, 0.05) is 18.5 Å². The van der Waals surface area contributed by atoms with Crippen molar-refractivity contribution in [1.82, 2.24) is 5.32 Å². The van der Waals surface area contributed by atoms with Gasteiger partial charge in [-0.15, -0.1) is 0 Å². The van der Waals surface area contributed by atoms with Gasteiger partial charge in [-0.05, 0) is 32.1 Å². The van der Waals surface area contributed by atoms with E-state index in [0.29, 0.717) is 5.41 Å². The molecule has 2 nitrogen and oxygen atoms in total. The molecule has 0 amide bonds. The first-order valence-electron chi connectivity index (χ1n) is 6.66. The molecule has 86 valence electrons. The van der Waals surface area contributed by atoms with E-state index in [0.717, 1.165) is 13.1 Å². The van der Waals surface area contributed by atoms with Crippen LogP contribution < -0.4 is 5.32 Å². The van der Waals surface area contributed by atoms with Crippen LogP contribution in [0.25, 0.3) is 0 Å². The molecule has 0 bridgehead atoms. The molecule has 1 heterocycles. The second kappa shape index (κ2) is 5.00. The minimum atomic E-state index is 0.444. The van der Waals surface area contributed by atoms with Crippen molar-refractivity contribution in [2.24, 2.45) is 10.4 Å². The molecule has 15 heavy (non-hydrogen) atoms. The zero-order valence-corrected chi connectivity index (χ0v) is 10.0. The zero-order valence-electron chi connectivity index (χ0n) is 10.0. The number of aliphatic imine (C=N–C) groups is 1. The Hall–Kier alpha value is -0.530. The van der Waals surface area contributed by atoms with Gasteiger partial charge >= 0.3 is 0 Å². The van der Waals surface area contributed by atoms with Gasteiger partial charge in [0.15, 0.2) is 0 Å². The quantitative estimate of drug-likeness (QED) is 0.757. The topological polar surface area (TPSA) is 24.4 Å². The number of amidine groups is 1. The van der Waals surface area contributed by atoms with Crippen molar-refractivity contribution in [3.63, 3.8) is 0 Å². The molecular formula is C13H24N2. The second-order valence-electron chi connectivity index (χ2n) is 5.10. The summed E-state index contributed by atoms with van der Waals surface area (Å²) in [7, 11) is 0. The van der Waals surface area contributed by atoms with Gasteiger partial charge in [0.25, 0.3) is 0 Å². The smallest absolute Gasteiger partial charge is 0.103 e. The molecule has 2 aliphatic rings. The zero-order chi connectivity index (χ0) is 10.6. The Bertz CT molecular complexity index is 227. The first-order chi connectivity index (χ1) is 7.37. The van der Waals surface area contributed by atoms with E-state index in [9.17, 15) is 0 Å². The van der Waals surface area contributed by atoms with E-state index in [1.165, 1.54) is 57.2 Å². The molecule has 1 fully saturated rings. The van der Waals surface area contributed by atoms with E-state index in [2.05, 4.69) is 12.2 Å². The Morgan fingerprint density at radius 3 is 2.73 bits per heavy atom. The highest BCUT2D eigenvalue weighted by Gasteiger charge is 2.38. The minimum Gasteiger partial charge on any atom is -0.373 e. The molecule has 0 aromatic rings. The minimum absolute atomic E-state index is 0.444. The molecular weight excluding hydrogens is 184 g/mol. The summed E-state index contributed by atoms with van der Waals surface area (Å²) in [5, 5.41) is 3.60. The van der Waals surface area contributed by atoms with Crippen molar-refractivity contribution in [1.29, 1.82) is 0 Å². The van der Waals surface area contributed by atoms with Crippen molar-refractivity contribution in [2.75, 3.05) is 13.1 Å². The molecule has 2 rings (SSSR count). The third-order valence-electron chi connectivity index (χ3n) is 3.94. The Balaban J connectivity index is 2.11. The Morgan fingerprint density at radius 1 is 1.20 bits per heavy atom. The van der Waals surface area contributed by atoms with E-state index < -0.39 is 0 Å². The number of nitrogens with zero attached hydrogens (tertiary/aromatic N) is 1. The van der Waals surface area contributed by atoms with Gasteiger partial charge in [-0.1, -0.05) is 26.2 Å². The molecule has 1 aliphatic heterocycles. The van der Waals surface area contributed by atoms with Crippen LogP contribution in [-0.2, 0) is 0 Å². The van der Waals surface area contributed by atoms with Gasteiger partial charge in [-0.25, -0.2) is 0 Å². The molecule has 0 aromatic heterocycles. The SMILES string of the molecule is CCCC1(C2=NCCCCN2)CCCC1. The van der Waals surface area contributed by atoms with Crippen molar-refractivity contribution in [3.8, 4) is 0 Å². The number of hydrogen-bond acceptors (Lipinski definition) is 2. The Labute approximate surface area is 93.6 Å². The van der Waals surface area contributed by atoms with Gasteiger partial charge in [0.2, 0.25) is 0 Å². The maximum absolute atomic E-state index is 4.80. The van der Waals surface area contributed by atoms with Gasteiger partial charge in [-0.3, -0.25) is 4.99 Å². The predicted molar refractivity (Wildman–Crippen MR) is 65.3 cm³/mol. The molecule has 0 spiro atoms. The van der Waals surface area contributed by atoms with Crippen LogP contribution in [0.2, 0.25) is 0 Å². The molecule has 0 unspecified atom stereocenters. The summed E-state index contributed by atoms with van der Waals surface area (Å²) in [5.74, 6) is 1.36. The Kier molecular flexibility index (Phi) is 3.66. The van der Waals surface area contributed by atoms with Crippen LogP contribution in [0.1, 0.15) is 58.3 Å². The molecule has 0 radical (unpaired) electrons. The highest BCUT2D eigenvalue weighted by Crippen LogP contribution is 2.42. The average Bonchev–Trinajstić information content (AvgIpc) is 2.54. The maximum atomic E-state index is 4.80. The molecule has 2 heteroatoms.